The zero-order valence-corrected chi connectivity index (χ0v) is 15.1. The monoisotopic (exact) mass is 402 g/mol. The predicted molar refractivity (Wildman–Crippen MR) is 99.5 cm³/mol. The molecular formula is C20H17F3N4O2. The number of ether oxygens (including phenoxy) is 1. The fourth-order valence-electron chi connectivity index (χ4n) is 2.65. The van der Waals surface area contributed by atoms with E-state index >= 15 is 0 Å². The Morgan fingerprint density at radius 1 is 1.14 bits per heavy atom. The summed E-state index contributed by atoms with van der Waals surface area (Å²) < 4.78 is 43.1. The summed E-state index contributed by atoms with van der Waals surface area (Å²) in [5.41, 5.74) is 0.984. The standard InChI is InChI=1S/C20H17F3N4O2/c21-20(22,23)29-18-9-5-4-8-16(18)10-11-19(28)26-17(12-27-14-24-13-25-27)15-6-2-1-3-7-15/h1-11,13-14,17H,12H2,(H,26,28)/b11-10+. The highest BCUT2D eigenvalue weighted by molar-refractivity contribution is 5.92. The fourth-order valence-corrected chi connectivity index (χ4v) is 2.65. The van der Waals surface area contributed by atoms with Crippen molar-refractivity contribution < 1.29 is 22.7 Å². The number of nitrogens with one attached hydrogen (secondary N) is 1. The Labute approximate surface area is 164 Å². The number of carbonyl (C=O) groups is 1. The number of carbonyl (C=O) groups excluding carboxylic acids is 1. The fraction of sp³-hybridized carbons (Fsp3) is 0.150. The Kier molecular flexibility index (Phi) is 6.28. The van der Waals surface area contributed by atoms with Crippen LogP contribution in [0.4, 0.5) is 13.2 Å². The predicted octanol–water partition coefficient (Wildman–Crippen LogP) is 3.75. The van der Waals surface area contributed by atoms with E-state index in [-0.39, 0.29) is 11.3 Å². The molecule has 0 saturated heterocycles. The minimum atomic E-state index is -4.82. The van der Waals surface area contributed by atoms with Crippen LogP contribution in [-0.4, -0.2) is 27.0 Å². The van der Waals surface area contributed by atoms with Gasteiger partial charge in [-0.2, -0.15) is 5.10 Å². The van der Waals surface area contributed by atoms with Crippen molar-refractivity contribution in [2.75, 3.05) is 0 Å². The van der Waals surface area contributed by atoms with Gasteiger partial charge in [0, 0.05) is 11.6 Å². The molecule has 9 heteroatoms. The van der Waals surface area contributed by atoms with Gasteiger partial charge in [0.15, 0.2) is 0 Å². The lowest BCUT2D eigenvalue weighted by atomic mass is 10.1. The summed E-state index contributed by atoms with van der Waals surface area (Å²) in [6.45, 7) is 0.345. The number of hydrogen-bond acceptors (Lipinski definition) is 4. The maximum Gasteiger partial charge on any atom is 0.573 e. The Hall–Kier alpha value is -3.62. The minimum absolute atomic E-state index is 0.132. The molecule has 150 valence electrons. The second-order valence-electron chi connectivity index (χ2n) is 6.01. The third-order valence-electron chi connectivity index (χ3n) is 3.91. The largest absolute Gasteiger partial charge is 0.573 e. The van der Waals surface area contributed by atoms with Gasteiger partial charge in [0.25, 0.3) is 0 Å². The Bertz CT molecular complexity index is 957. The van der Waals surface area contributed by atoms with Gasteiger partial charge in [0.05, 0.1) is 12.6 Å². The van der Waals surface area contributed by atoms with Crippen LogP contribution in [0.1, 0.15) is 17.2 Å². The summed E-state index contributed by atoms with van der Waals surface area (Å²) in [4.78, 5) is 16.3. The van der Waals surface area contributed by atoms with E-state index in [0.717, 1.165) is 11.6 Å². The first-order valence-corrected chi connectivity index (χ1v) is 8.61. The van der Waals surface area contributed by atoms with Crippen LogP contribution >= 0.6 is 0 Å². The van der Waals surface area contributed by atoms with Gasteiger partial charge in [-0.15, -0.1) is 13.2 Å². The zero-order chi connectivity index (χ0) is 20.7. The first kappa shape index (κ1) is 20.1. The van der Waals surface area contributed by atoms with Gasteiger partial charge >= 0.3 is 6.36 Å². The van der Waals surface area contributed by atoms with Crippen molar-refractivity contribution in [3.8, 4) is 5.75 Å². The lowest BCUT2D eigenvalue weighted by molar-refractivity contribution is -0.274. The van der Waals surface area contributed by atoms with Gasteiger partial charge in [0.2, 0.25) is 5.91 Å². The Morgan fingerprint density at radius 3 is 2.55 bits per heavy atom. The molecule has 3 aromatic rings. The first-order chi connectivity index (χ1) is 13.9. The van der Waals surface area contributed by atoms with Gasteiger partial charge in [-0.05, 0) is 17.7 Å². The summed E-state index contributed by atoms with van der Waals surface area (Å²) in [6.07, 6.45) is 0.538. The van der Waals surface area contributed by atoms with Crippen LogP contribution in [0.5, 0.6) is 5.75 Å². The highest BCUT2D eigenvalue weighted by Gasteiger charge is 2.31. The van der Waals surface area contributed by atoms with E-state index in [9.17, 15) is 18.0 Å². The number of para-hydroxylation sites is 1. The zero-order valence-electron chi connectivity index (χ0n) is 15.1. The SMILES string of the molecule is O=C(/C=C/c1ccccc1OC(F)(F)F)NC(Cn1cncn1)c1ccccc1. The number of hydrogen-bond donors (Lipinski definition) is 1. The average molecular weight is 402 g/mol. The molecule has 1 N–H and O–H groups in total. The smallest absolute Gasteiger partial charge is 0.405 e. The first-order valence-electron chi connectivity index (χ1n) is 8.61. The maximum atomic E-state index is 12.5. The molecule has 2 aromatic carbocycles. The van der Waals surface area contributed by atoms with E-state index in [4.69, 9.17) is 0 Å². The second kappa shape index (κ2) is 9.05. The molecule has 3 rings (SSSR count). The molecule has 0 saturated carbocycles. The van der Waals surface area contributed by atoms with Crippen molar-refractivity contribution >= 4 is 12.0 Å². The highest BCUT2D eigenvalue weighted by atomic mass is 19.4. The van der Waals surface area contributed by atoms with Crippen LogP contribution in [-0.2, 0) is 11.3 Å². The van der Waals surface area contributed by atoms with Crippen LogP contribution in [0.3, 0.4) is 0 Å². The number of aromatic nitrogens is 3. The van der Waals surface area contributed by atoms with Crippen molar-refractivity contribution in [2.45, 2.75) is 18.9 Å². The molecule has 0 spiro atoms. The molecule has 0 aliphatic heterocycles. The lowest BCUT2D eigenvalue weighted by Crippen LogP contribution is -2.30. The van der Waals surface area contributed by atoms with Gasteiger partial charge in [0.1, 0.15) is 18.4 Å². The number of alkyl halides is 3. The van der Waals surface area contributed by atoms with Crippen LogP contribution in [0.15, 0.2) is 73.3 Å². The maximum absolute atomic E-state index is 12.5. The molecule has 1 heterocycles. The van der Waals surface area contributed by atoms with E-state index < -0.39 is 18.3 Å². The molecule has 1 atom stereocenters. The lowest BCUT2D eigenvalue weighted by Gasteiger charge is -2.18. The van der Waals surface area contributed by atoms with Crippen molar-refractivity contribution in [2.24, 2.45) is 0 Å². The molecule has 29 heavy (non-hydrogen) atoms. The summed E-state index contributed by atoms with van der Waals surface area (Å²) in [5, 5.41) is 6.87. The van der Waals surface area contributed by atoms with Crippen molar-refractivity contribution in [3.05, 3.63) is 84.5 Å². The molecule has 0 aliphatic carbocycles. The quantitative estimate of drug-likeness (QED) is 0.611. The summed E-state index contributed by atoms with van der Waals surface area (Å²) >= 11 is 0. The third-order valence-corrected chi connectivity index (χ3v) is 3.91. The molecule has 1 unspecified atom stereocenters. The normalized spacial score (nSPS) is 12.7. The van der Waals surface area contributed by atoms with Crippen LogP contribution < -0.4 is 10.1 Å². The van der Waals surface area contributed by atoms with E-state index in [1.807, 2.05) is 30.3 Å². The van der Waals surface area contributed by atoms with Crippen LogP contribution in [0.25, 0.3) is 6.08 Å². The highest BCUT2D eigenvalue weighted by Crippen LogP contribution is 2.27. The number of amides is 1. The number of halogens is 3. The molecule has 0 bridgehead atoms. The van der Waals surface area contributed by atoms with Gasteiger partial charge < -0.3 is 10.1 Å². The molecule has 0 fully saturated rings. The van der Waals surface area contributed by atoms with E-state index in [1.165, 1.54) is 36.9 Å². The molecule has 1 amide bonds. The molecule has 1 aromatic heterocycles. The third kappa shape index (κ3) is 6.20. The van der Waals surface area contributed by atoms with Crippen molar-refractivity contribution in [1.82, 2.24) is 20.1 Å². The van der Waals surface area contributed by atoms with E-state index in [2.05, 4.69) is 20.1 Å². The molecule has 0 radical (unpaired) electrons. The summed E-state index contributed by atoms with van der Waals surface area (Å²) in [7, 11) is 0. The second-order valence-corrected chi connectivity index (χ2v) is 6.01. The topological polar surface area (TPSA) is 69.0 Å². The van der Waals surface area contributed by atoms with E-state index in [1.54, 1.807) is 10.7 Å². The minimum Gasteiger partial charge on any atom is -0.405 e. The number of benzene rings is 2. The summed E-state index contributed by atoms with van der Waals surface area (Å²) in [6, 6.07) is 14.4. The van der Waals surface area contributed by atoms with Crippen molar-refractivity contribution in [1.29, 1.82) is 0 Å². The van der Waals surface area contributed by atoms with Gasteiger partial charge in [-0.3, -0.25) is 9.48 Å². The molecule has 0 aliphatic rings. The van der Waals surface area contributed by atoms with Crippen molar-refractivity contribution in [3.63, 3.8) is 0 Å². The Morgan fingerprint density at radius 2 is 1.86 bits per heavy atom. The van der Waals surface area contributed by atoms with Crippen LogP contribution in [0, 0.1) is 0 Å². The molecular weight excluding hydrogens is 385 g/mol. The van der Waals surface area contributed by atoms with E-state index in [0.29, 0.717) is 6.54 Å². The summed E-state index contributed by atoms with van der Waals surface area (Å²) in [5.74, 6) is -0.855. The Balaban J connectivity index is 1.74. The molecule has 6 nitrogen and oxygen atoms in total. The van der Waals surface area contributed by atoms with Crippen LogP contribution in [0.2, 0.25) is 0 Å². The number of rotatable bonds is 7. The number of nitrogens with zero attached hydrogens (tertiary/aromatic N) is 3. The average Bonchev–Trinajstić information content (AvgIpc) is 3.19. The van der Waals surface area contributed by atoms with Gasteiger partial charge in [-0.25, -0.2) is 4.98 Å². The van der Waals surface area contributed by atoms with Gasteiger partial charge in [-0.1, -0.05) is 48.5 Å².